The van der Waals surface area contributed by atoms with Gasteiger partial charge in [-0.1, -0.05) is 6.07 Å². The second kappa shape index (κ2) is 3.32. The number of nitrogens with one attached hydrogen (secondary N) is 1. The van der Waals surface area contributed by atoms with Crippen LogP contribution in [0.4, 0.5) is 0 Å². The van der Waals surface area contributed by atoms with Gasteiger partial charge < -0.3 is 5.32 Å². The summed E-state index contributed by atoms with van der Waals surface area (Å²) < 4.78 is 1.76. The van der Waals surface area contributed by atoms with E-state index >= 15 is 0 Å². The summed E-state index contributed by atoms with van der Waals surface area (Å²) in [6.07, 6.45) is 1.92. The van der Waals surface area contributed by atoms with Crippen LogP contribution < -0.4 is 5.32 Å². The maximum absolute atomic E-state index is 5.81. The number of hydrogen-bond donors (Lipinski definition) is 1. The number of rotatable bonds is 2. The Morgan fingerprint density at radius 3 is 3.08 bits per heavy atom. The molecule has 2 rings (SSSR count). The number of nitrogens with zero attached hydrogens (tertiary/aromatic N) is 3. The molecule has 1 N–H and O–H groups in total. The molecule has 13 heavy (non-hydrogen) atoms. The standard InChI is InChI=1S/C8H9ClN4/c1-10-4-6-2-3-7-11-12-8(9)13(7)5-6/h2-3,5,10H,4H2,1H3. The molecule has 2 heterocycles. The number of fused-ring (bicyclic) bond motifs is 1. The molecule has 2 aromatic heterocycles. The Morgan fingerprint density at radius 2 is 2.31 bits per heavy atom. The van der Waals surface area contributed by atoms with Crippen LogP contribution in [0.3, 0.4) is 0 Å². The molecule has 0 aromatic carbocycles. The summed E-state index contributed by atoms with van der Waals surface area (Å²) in [6, 6.07) is 3.89. The topological polar surface area (TPSA) is 42.2 Å². The fourth-order valence-corrected chi connectivity index (χ4v) is 1.39. The Kier molecular flexibility index (Phi) is 2.16. The molecule has 0 saturated carbocycles. The first-order valence-corrected chi connectivity index (χ1v) is 4.33. The van der Waals surface area contributed by atoms with Gasteiger partial charge in [0.25, 0.3) is 0 Å². The Balaban J connectivity index is 2.53. The first-order chi connectivity index (χ1) is 6.31. The Labute approximate surface area is 80.5 Å². The van der Waals surface area contributed by atoms with Crippen LogP contribution in [-0.4, -0.2) is 21.6 Å². The van der Waals surface area contributed by atoms with E-state index in [-0.39, 0.29) is 0 Å². The van der Waals surface area contributed by atoms with E-state index in [0.29, 0.717) is 5.28 Å². The van der Waals surface area contributed by atoms with Crippen LogP contribution in [0, 0.1) is 0 Å². The average molecular weight is 197 g/mol. The summed E-state index contributed by atoms with van der Waals surface area (Å²) in [5, 5.41) is 11.1. The van der Waals surface area contributed by atoms with Gasteiger partial charge in [0.1, 0.15) is 0 Å². The van der Waals surface area contributed by atoms with Crippen molar-refractivity contribution in [2.75, 3.05) is 7.05 Å². The van der Waals surface area contributed by atoms with Gasteiger partial charge in [0, 0.05) is 12.7 Å². The molecule has 0 aliphatic heterocycles. The van der Waals surface area contributed by atoms with E-state index in [1.54, 1.807) is 4.40 Å². The Morgan fingerprint density at radius 1 is 1.46 bits per heavy atom. The maximum atomic E-state index is 5.81. The Hall–Kier alpha value is -1.13. The highest BCUT2D eigenvalue weighted by Crippen LogP contribution is 2.10. The fourth-order valence-electron chi connectivity index (χ4n) is 1.22. The average Bonchev–Trinajstić information content (AvgIpc) is 2.49. The minimum absolute atomic E-state index is 0.396. The largest absolute Gasteiger partial charge is 0.316 e. The third-order valence-electron chi connectivity index (χ3n) is 1.80. The van der Waals surface area contributed by atoms with Gasteiger partial charge in [0.15, 0.2) is 5.65 Å². The van der Waals surface area contributed by atoms with Crippen molar-refractivity contribution in [3.63, 3.8) is 0 Å². The van der Waals surface area contributed by atoms with E-state index in [9.17, 15) is 0 Å². The van der Waals surface area contributed by atoms with Crippen LogP contribution in [0.5, 0.6) is 0 Å². The summed E-state index contributed by atoms with van der Waals surface area (Å²) >= 11 is 5.81. The second-order valence-corrected chi connectivity index (χ2v) is 3.10. The highest BCUT2D eigenvalue weighted by molar-refractivity contribution is 6.28. The molecule has 2 aromatic rings. The van der Waals surface area contributed by atoms with Gasteiger partial charge in [-0.25, -0.2) is 0 Å². The first-order valence-electron chi connectivity index (χ1n) is 3.95. The molecule has 0 radical (unpaired) electrons. The zero-order valence-electron chi connectivity index (χ0n) is 7.16. The molecule has 0 saturated heterocycles. The highest BCUT2D eigenvalue weighted by atomic mass is 35.5. The van der Waals surface area contributed by atoms with Gasteiger partial charge in [0.2, 0.25) is 5.28 Å². The lowest BCUT2D eigenvalue weighted by Crippen LogP contribution is -2.05. The van der Waals surface area contributed by atoms with Crippen molar-refractivity contribution in [3.8, 4) is 0 Å². The van der Waals surface area contributed by atoms with E-state index in [1.807, 2.05) is 25.4 Å². The van der Waals surface area contributed by atoms with Crippen LogP contribution in [0.1, 0.15) is 5.56 Å². The van der Waals surface area contributed by atoms with Crippen molar-refractivity contribution in [2.24, 2.45) is 0 Å². The highest BCUT2D eigenvalue weighted by Gasteiger charge is 2.01. The second-order valence-electron chi connectivity index (χ2n) is 2.76. The molecule has 0 atom stereocenters. The number of pyridine rings is 1. The van der Waals surface area contributed by atoms with Crippen molar-refractivity contribution >= 4 is 17.2 Å². The molecular weight excluding hydrogens is 188 g/mol. The third kappa shape index (κ3) is 1.50. The van der Waals surface area contributed by atoms with Crippen molar-refractivity contribution < 1.29 is 0 Å². The molecule has 0 spiro atoms. The zero-order chi connectivity index (χ0) is 9.26. The van der Waals surface area contributed by atoms with Crippen LogP contribution >= 0.6 is 11.6 Å². The zero-order valence-corrected chi connectivity index (χ0v) is 7.91. The molecule has 0 amide bonds. The number of halogens is 1. The summed E-state index contributed by atoms with van der Waals surface area (Å²) in [6.45, 7) is 0.810. The molecular formula is C8H9ClN4. The number of aromatic nitrogens is 3. The van der Waals surface area contributed by atoms with Crippen LogP contribution in [-0.2, 0) is 6.54 Å². The lowest BCUT2D eigenvalue weighted by atomic mass is 10.3. The molecule has 68 valence electrons. The number of hydrogen-bond acceptors (Lipinski definition) is 3. The lowest BCUT2D eigenvalue weighted by Gasteiger charge is -2.00. The first kappa shape index (κ1) is 8.47. The van der Waals surface area contributed by atoms with Crippen LogP contribution in [0.15, 0.2) is 18.3 Å². The maximum Gasteiger partial charge on any atom is 0.229 e. The molecule has 4 nitrogen and oxygen atoms in total. The van der Waals surface area contributed by atoms with Crippen molar-refractivity contribution in [2.45, 2.75) is 6.54 Å². The minimum atomic E-state index is 0.396. The molecule has 0 bridgehead atoms. The molecule has 0 aliphatic carbocycles. The van der Waals surface area contributed by atoms with Crippen molar-refractivity contribution in [3.05, 3.63) is 29.2 Å². The van der Waals surface area contributed by atoms with Crippen molar-refractivity contribution in [1.82, 2.24) is 19.9 Å². The fraction of sp³-hybridized carbons (Fsp3) is 0.250. The molecule has 0 fully saturated rings. The van der Waals surface area contributed by atoms with E-state index in [4.69, 9.17) is 11.6 Å². The molecule has 0 unspecified atom stereocenters. The van der Waals surface area contributed by atoms with Gasteiger partial charge in [-0.05, 0) is 30.3 Å². The monoisotopic (exact) mass is 196 g/mol. The van der Waals surface area contributed by atoms with E-state index < -0.39 is 0 Å². The SMILES string of the molecule is CNCc1ccc2nnc(Cl)n2c1. The van der Waals surface area contributed by atoms with Crippen LogP contribution in [0.25, 0.3) is 5.65 Å². The summed E-state index contributed by atoms with van der Waals surface area (Å²) in [5.74, 6) is 0. The third-order valence-corrected chi connectivity index (χ3v) is 2.06. The van der Waals surface area contributed by atoms with Crippen LogP contribution in [0.2, 0.25) is 5.28 Å². The van der Waals surface area contributed by atoms with Gasteiger partial charge in [-0.2, -0.15) is 0 Å². The minimum Gasteiger partial charge on any atom is -0.316 e. The lowest BCUT2D eigenvalue weighted by molar-refractivity contribution is 0.811. The van der Waals surface area contributed by atoms with E-state index in [1.165, 1.54) is 0 Å². The summed E-state index contributed by atoms with van der Waals surface area (Å²) in [4.78, 5) is 0. The molecule has 0 aliphatic rings. The van der Waals surface area contributed by atoms with E-state index in [2.05, 4.69) is 15.5 Å². The predicted octanol–water partition coefficient (Wildman–Crippen LogP) is 1.10. The van der Waals surface area contributed by atoms with Gasteiger partial charge in [0.05, 0.1) is 0 Å². The van der Waals surface area contributed by atoms with Gasteiger partial charge >= 0.3 is 0 Å². The van der Waals surface area contributed by atoms with Crippen molar-refractivity contribution in [1.29, 1.82) is 0 Å². The van der Waals surface area contributed by atoms with E-state index in [0.717, 1.165) is 17.8 Å². The van der Waals surface area contributed by atoms with Gasteiger partial charge in [-0.3, -0.25) is 4.40 Å². The Bertz CT molecular complexity index is 423. The normalized spacial score (nSPS) is 10.9. The quantitative estimate of drug-likeness (QED) is 0.782. The molecule has 5 heteroatoms. The predicted molar refractivity (Wildman–Crippen MR) is 50.8 cm³/mol. The summed E-state index contributed by atoms with van der Waals surface area (Å²) in [5.41, 5.74) is 1.92. The summed E-state index contributed by atoms with van der Waals surface area (Å²) in [7, 11) is 1.90. The van der Waals surface area contributed by atoms with Gasteiger partial charge in [-0.15, -0.1) is 10.2 Å². The smallest absolute Gasteiger partial charge is 0.229 e.